The van der Waals surface area contributed by atoms with Crippen LogP contribution in [0.4, 0.5) is 11.4 Å². The Morgan fingerprint density at radius 1 is 0.780 bits per heavy atom. The van der Waals surface area contributed by atoms with Gasteiger partial charge in [-0.25, -0.2) is 0 Å². The lowest BCUT2D eigenvalue weighted by atomic mass is 9.66. The molecule has 0 saturated carbocycles. The molecule has 5 N–H and O–H groups in total. The molecular weight excluding hydrogens is 737 g/mol. The smallest absolute Gasteiger partial charge is 0.294 e. The number of hydrogen-bond donors (Lipinski definition) is 5. The molecule has 4 rings (SSSR count). The van der Waals surface area contributed by atoms with E-state index in [9.17, 15) is 51.9 Å². The zero-order chi connectivity index (χ0) is 37.6. The predicted molar refractivity (Wildman–Crippen MR) is 187 cm³/mol. The predicted octanol–water partition coefficient (Wildman–Crippen LogP) is 3.82. The zero-order valence-corrected chi connectivity index (χ0v) is 31.2. The summed E-state index contributed by atoms with van der Waals surface area (Å²) in [6.07, 6.45) is 5.59. The maximum absolute atomic E-state index is 12.2. The fourth-order valence-electron chi connectivity index (χ4n) is 7.09. The van der Waals surface area contributed by atoms with Crippen LogP contribution in [0, 0.1) is 0 Å². The number of rotatable bonds is 15. The molecule has 2 aromatic carbocycles. The third-order valence-corrected chi connectivity index (χ3v) is 13.2. The largest absolute Gasteiger partial charge is 0.383 e. The average molecular weight is 779 g/mol. The van der Waals surface area contributed by atoms with Gasteiger partial charge in [0.2, 0.25) is 0 Å². The number of nitrogens with zero attached hydrogens (tertiary/aromatic N) is 1. The van der Waals surface area contributed by atoms with Crippen LogP contribution in [0.5, 0.6) is 0 Å². The van der Waals surface area contributed by atoms with E-state index in [0.29, 0.717) is 34.7 Å². The summed E-state index contributed by atoms with van der Waals surface area (Å²) in [6, 6.07) is 8.18. The third-order valence-electron chi connectivity index (χ3n) is 9.94. The van der Waals surface area contributed by atoms with Crippen LogP contribution in [0.1, 0.15) is 57.6 Å². The zero-order valence-electron chi connectivity index (χ0n) is 27.9. The molecular formula is C31H42N2O13S4. The fraction of sp³-hybridized carbons (Fsp3) is 0.484. The molecule has 278 valence electrons. The minimum absolute atomic E-state index is 0.00626. The monoisotopic (exact) mass is 778 g/mol. The normalized spacial score (nSPS) is 24.9. The molecule has 0 amide bonds. The SMILES string of the molecule is COCCN1c2ccc(S(=O)(=O)O)cc2C(C)(CCCS(=O)(=O)O)C1(C)/C=C/C=C1/Nc2ccc(S(=O)(=O)O)cc2C1(C)CCCS(=O)(=O)O. The first kappa shape index (κ1) is 39.9. The van der Waals surface area contributed by atoms with Crippen LogP contribution >= 0.6 is 0 Å². The van der Waals surface area contributed by atoms with Gasteiger partial charge in [-0.3, -0.25) is 18.2 Å². The first-order valence-corrected chi connectivity index (χ1v) is 21.5. The third kappa shape index (κ3) is 8.26. The lowest BCUT2D eigenvalue weighted by molar-refractivity contribution is 0.195. The number of methoxy groups -OCH3 is 1. The first-order valence-electron chi connectivity index (χ1n) is 15.4. The number of allylic oxidation sites excluding steroid dienone is 3. The van der Waals surface area contributed by atoms with Crippen LogP contribution in [0.3, 0.4) is 0 Å². The summed E-state index contributed by atoms with van der Waals surface area (Å²) in [5, 5.41) is 3.25. The Morgan fingerprint density at radius 3 is 1.86 bits per heavy atom. The van der Waals surface area contributed by atoms with Crippen LogP contribution < -0.4 is 10.2 Å². The summed E-state index contributed by atoms with van der Waals surface area (Å²) in [7, 11) is -16.3. The van der Waals surface area contributed by atoms with Gasteiger partial charge in [0.25, 0.3) is 40.5 Å². The molecule has 0 fully saturated rings. The van der Waals surface area contributed by atoms with E-state index < -0.39 is 68.3 Å². The van der Waals surface area contributed by atoms with Crippen LogP contribution in [0.25, 0.3) is 0 Å². The molecule has 3 atom stereocenters. The van der Waals surface area contributed by atoms with Gasteiger partial charge in [0.1, 0.15) is 0 Å². The van der Waals surface area contributed by atoms with E-state index in [0.717, 1.165) is 0 Å². The molecule has 3 unspecified atom stereocenters. The summed E-state index contributed by atoms with van der Waals surface area (Å²) in [5.74, 6) is -1.09. The Labute approximate surface area is 293 Å². The second-order valence-electron chi connectivity index (χ2n) is 13.1. The van der Waals surface area contributed by atoms with Crippen molar-refractivity contribution in [3.8, 4) is 0 Å². The Bertz CT molecular complexity index is 2150. The molecule has 19 heteroatoms. The van der Waals surface area contributed by atoms with Gasteiger partial charge in [0, 0.05) is 41.6 Å². The first-order chi connectivity index (χ1) is 22.9. The van der Waals surface area contributed by atoms with Crippen molar-refractivity contribution in [2.75, 3.05) is 42.0 Å². The molecule has 15 nitrogen and oxygen atoms in total. The molecule has 0 bridgehead atoms. The minimum Gasteiger partial charge on any atom is -0.383 e. The molecule has 50 heavy (non-hydrogen) atoms. The molecule has 0 radical (unpaired) electrons. The van der Waals surface area contributed by atoms with Crippen LogP contribution in [-0.2, 0) is 56.0 Å². The number of anilines is 2. The molecule has 0 aliphatic carbocycles. The standard InChI is InChI=1S/C31H42N2O13S4/c1-29(13-6-18-47(34,35)36)24-20-22(49(40,41)42)9-11-26(24)32-28(29)8-5-15-31(3)30(2,14-7-19-48(37,38)39)25-21-23(50(43,44)45)10-12-27(25)33(31)16-17-46-4/h5,8-12,15,20-21,32H,6-7,13-14,16-19H2,1-4H3,(H,34,35,36)(H,37,38,39)(H,40,41,42)(H,43,44,45)/b15-5+,28-8+. The fourth-order valence-corrected chi connectivity index (χ4v) is 9.12. The number of benzene rings is 2. The number of ether oxygens (including phenoxy) is 1. The van der Waals surface area contributed by atoms with Crippen molar-refractivity contribution >= 4 is 51.8 Å². The van der Waals surface area contributed by atoms with E-state index in [1.165, 1.54) is 37.4 Å². The topological polar surface area (TPSA) is 242 Å². The van der Waals surface area contributed by atoms with E-state index in [4.69, 9.17) is 4.74 Å². The molecule has 0 saturated heterocycles. The van der Waals surface area contributed by atoms with Crippen LogP contribution in [0.2, 0.25) is 0 Å². The van der Waals surface area contributed by atoms with E-state index in [1.807, 2.05) is 24.8 Å². The lowest BCUT2D eigenvalue weighted by Gasteiger charge is -2.45. The highest BCUT2D eigenvalue weighted by atomic mass is 32.2. The van der Waals surface area contributed by atoms with Gasteiger partial charge in [-0.05, 0) is 93.1 Å². The number of hydrogen-bond acceptors (Lipinski definition) is 11. The Balaban J connectivity index is 1.86. The Kier molecular flexibility index (Phi) is 11.1. The van der Waals surface area contributed by atoms with Gasteiger partial charge < -0.3 is 15.0 Å². The van der Waals surface area contributed by atoms with Crippen molar-refractivity contribution in [1.29, 1.82) is 0 Å². The quantitative estimate of drug-likeness (QED) is 0.161. The minimum atomic E-state index is -4.61. The van der Waals surface area contributed by atoms with Crippen molar-refractivity contribution < 1.29 is 56.6 Å². The van der Waals surface area contributed by atoms with E-state index in [1.54, 1.807) is 25.1 Å². The van der Waals surface area contributed by atoms with Gasteiger partial charge >= 0.3 is 0 Å². The van der Waals surface area contributed by atoms with Gasteiger partial charge in [-0.1, -0.05) is 19.1 Å². The highest BCUT2D eigenvalue weighted by molar-refractivity contribution is 7.86. The van der Waals surface area contributed by atoms with Crippen molar-refractivity contribution in [3.05, 3.63) is 71.5 Å². The molecule has 2 heterocycles. The molecule has 2 aromatic rings. The van der Waals surface area contributed by atoms with Gasteiger partial charge in [0.05, 0.1) is 33.4 Å². The van der Waals surface area contributed by atoms with Crippen molar-refractivity contribution in [2.45, 2.75) is 72.6 Å². The highest BCUT2D eigenvalue weighted by Gasteiger charge is 2.55. The summed E-state index contributed by atoms with van der Waals surface area (Å²) in [5.41, 5.74) is -0.379. The van der Waals surface area contributed by atoms with E-state index in [2.05, 4.69) is 5.32 Å². The molecule has 2 aliphatic rings. The lowest BCUT2D eigenvalue weighted by Crippen LogP contribution is -2.54. The molecule has 0 spiro atoms. The highest BCUT2D eigenvalue weighted by Crippen LogP contribution is 2.55. The van der Waals surface area contributed by atoms with Crippen molar-refractivity contribution in [3.63, 3.8) is 0 Å². The van der Waals surface area contributed by atoms with Gasteiger partial charge in [-0.15, -0.1) is 0 Å². The second kappa shape index (κ2) is 13.9. The van der Waals surface area contributed by atoms with Crippen LogP contribution in [0.15, 0.2) is 70.1 Å². The van der Waals surface area contributed by atoms with Gasteiger partial charge in [0.15, 0.2) is 0 Å². The van der Waals surface area contributed by atoms with E-state index >= 15 is 0 Å². The summed E-state index contributed by atoms with van der Waals surface area (Å²) in [6.45, 7) is 6.03. The maximum atomic E-state index is 12.2. The Hall–Kier alpha value is -2.88. The van der Waals surface area contributed by atoms with E-state index in [-0.39, 0.29) is 42.1 Å². The van der Waals surface area contributed by atoms with Crippen LogP contribution in [-0.4, -0.2) is 89.2 Å². The Morgan fingerprint density at radius 2 is 1.32 bits per heavy atom. The second-order valence-corrected chi connectivity index (χ2v) is 19.1. The summed E-state index contributed by atoms with van der Waals surface area (Å²) >= 11 is 0. The number of fused-ring (bicyclic) bond motifs is 2. The van der Waals surface area contributed by atoms with Gasteiger partial charge in [-0.2, -0.15) is 33.7 Å². The average Bonchev–Trinajstić information content (AvgIpc) is 3.34. The van der Waals surface area contributed by atoms with Crippen molar-refractivity contribution in [1.82, 2.24) is 0 Å². The maximum Gasteiger partial charge on any atom is 0.294 e. The molecule has 2 aliphatic heterocycles. The summed E-state index contributed by atoms with van der Waals surface area (Å²) < 4.78 is 139. The summed E-state index contributed by atoms with van der Waals surface area (Å²) in [4.78, 5) is 1.27. The molecule has 0 aromatic heterocycles. The number of nitrogens with one attached hydrogen (secondary N) is 1. The van der Waals surface area contributed by atoms with Crippen molar-refractivity contribution in [2.24, 2.45) is 0 Å².